The second-order valence-corrected chi connectivity index (χ2v) is 4.47. The van der Waals surface area contributed by atoms with Crippen molar-refractivity contribution in [2.75, 3.05) is 19.7 Å². The number of hydrogen-bond acceptors (Lipinski definition) is 2. The van der Waals surface area contributed by atoms with E-state index in [0.29, 0.717) is 16.8 Å². The maximum atomic E-state index is 13.0. The Morgan fingerprint density at radius 1 is 1.31 bits per heavy atom. The Hall–Kier alpha value is -0.610. The third-order valence-electron chi connectivity index (χ3n) is 2.03. The van der Waals surface area contributed by atoms with Crippen LogP contribution in [0.3, 0.4) is 0 Å². The van der Waals surface area contributed by atoms with E-state index in [2.05, 4.69) is 28.2 Å². The first-order chi connectivity index (χ1) is 7.72. The Morgan fingerprint density at radius 3 is 2.81 bits per heavy atom. The van der Waals surface area contributed by atoms with Crippen molar-refractivity contribution in [3.05, 3.63) is 28.5 Å². The fourth-order valence-electron chi connectivity index (χ4n) is 1.30. The minimum absolute atomic E-state index is 0.284. The van der Waals surface area contributed by atoms with Crippen molar-refractivity contribution in [3.63, 3.8) is 0 Å². The van der Waals surface area contributed by atoms with Crippen LogP contribution in [0.5, 0.6) is 5.75 Å². The Labute approximate surface area is 104 Å². The van der Waals surface area contributed by atoms with Crippen LogP contribution >= 0.6 is 15.9 Å². The van der Waals surface area contributed by atoms with Gasteiger partial charge in [-0.2, -0.15) is 0 Å². The second-order valence-electron chi connectivity index (χ2n) is 3.56. The quantitative estimate of drug-likeness (QED) is 0.777. The van der Waals surface area contributed by atoms with Crippen LogP contribution in [-0.4, -0.2) is 19.7 Å². The molecule has 0 unspecified atom stereocenters. The molecule has 0 fully saturated rings. The molecule has 0 saturated carbocycles. The van der Waals surface area contributed by atoms with E-state index in [1.54, 1.807) is 6.07 Å². The van der Waals surface area contributed by atoms with E-state index in [-0.39, 0.29) is 5.82 Å². The van der Waals surface area contributed by atoms with Crippen LogP contribution in [-0.2, 0) is 0 Å². The zero-order chi connectivity index (χ0) is 11.8. The smallest absolute Gasteiger partial charge is 0.128 e. The molecule has 1 aromatic carbocycles. The highest BCUT2D eigenvalue weighted by Crippen LogP contribution is 2.20. The molecule has 0 aliphatic heterocycles. The zero-order valence-corrected chi connectivity index (χ0v) is 11.0. The van der Waals surface area contributed by atoms with E-state index < -0.39 is 0 Å². The summed E-state index contributed by atoms with van der Waals surface area (Å²) in [5, 5.41) is 3.28. The van der Waals surface area contributed by atoms with Crippen LogP contribution < -0.4 is 10.1 Å². The Morgan fingerprint density at radius 2 is 2.12 bits per heavy atom. The molecule has 0 aliphatic carbocycles. The van der Waals surface area contributed by atoms with Crippen molar-refractivity contribution in [1.82, 2.24) is 5.32 Å². The molecule has 0 amide bonds. The van der Waals surface area contributed by atoms with Crippen molar-refractivity contribution in [3.8, 4) is 5.75 Å². The fourth-order valence-corrected chi connectivity index (χ4v) is 1.75. The monoisotopic (exact) mass is 289 g/mol. The normalized spacial score (nSPS) is 10.4. The summed E-state index contributed by atoms with van der Waals surface area (Å²) >= 11 is 3.22. The van der Waals surface area contributed by atoms with Crippen LogP contribution in [0.4, 0.5) is 4.39 Å². The summed E-state index contributed by atoms with van der Waals surface area (Å²) in [6, 6.07) is 4.57. The maximum absolute atomic E-state index is 13.0. The largest absolute Gasteiger partial charge is 0.493 e. The Kier molecular flexibility index (Phi) is 6.42. The summed E-state index contributed by atoms with van der Waals surface area (Å²) < 4.78 is 19.1. The number of hydrogen-bond donors (Lipinski definition) is 1. The highest BCUT2D eigenvalue weighted by molar-refractivity contribution is 9.10. The number of rotatable bonds is 7. The third-order valence-corrected chi connectivity index (χ3v) is 2.49. The molecule has 0 saturated heterocycles. The van der Waals surface area contributed by atoms with Crippen LogP contribution in [0.15, 0.2) is 22.7 Å². The van der Waals surface area contributed by atoms with E-state index in [1.807, 2.05) is 0 Å². The molecular weight excluding hydrogens is 273 g/mol. The summed E-state index contributed by atoms with van der Waals surface area (Å²) in [6.07, 6.45) is 2.06. The molecule has 90 valence electrons. The highest BCUT2D eigenvalue weighted by Gasteiger charge is 1.99. The van der Waals surface area contributed by atoms with Crippen LogP contribution in [0, 0.1) is 5.82 Å². The molecule has 16 heavy (non-hydrogen) atoms. The number of nitrogens with one attached hydrogen (secondary N) is 1. The molecule has 0 aromatic heterocycles. The standard InChI is InChI=1S/C12H17BrFNO/c1-2-4-15-5-3-6-16-12-8-10(13)7-11(14)9-12/h7-9,15H,2-6H2,1H3. The van der Waals surface area contributed by atoms with Gasteiger partial charge in [0.15, 0.2) is 0 Å². The van der Waals surface area contributed by atoms with Gasteiger partial charge in [-0.3, -0.25) is 0 Å². The van der Waals surface area contributed by atoms with Crippen LogP contribution in [0.2, 0.25) is 0 Å². The van der Waals surface area contributed by atoms with Gasteiger partial charge in [0.25, 0.3) is 0 Å². The third kappa shape index (κ3) is 5.47. The van der Waals surface area contributed by atoms with E-state index in [0.717, 1.165) is 25.9 Å². The van der Waals surface area contributed by atoms with Gasteiger partial charge in [-0.1, -0.05) is 22.9 Å². The molecule has 1 rings (SSSR count). The van der Waals surface area contributed by atoms with E-state index >= 15 is 0 Å². The van der Waals surface area contributed by atoms with E-state index in [4.69, 9.17) is 4.74 Å². The lowest BCUT2D eigenvalue weighted by Gasteiger charge is -2.07. The molecule has 0 spiro atoms. The minimum atomic E-state index is -0.284. The van der Waals surface area contributed by atoms with Crippen molar-refractivity contribution >= 4 is 15.9 Å². The molecule has 0 bridgehead atoms. The molecule has 0 aliphatic rings. The predicted molar refractivity (Wildman–Crippen MR) is 67.4 cm³/mol. The van der Waals surface area contributed by atoms with Gasteiger partial charge in [-0.25, -0.2) is 4.39 Å². The summed E-state index contributed by atoms with van der Waals surface area (Å²) in [6.45, 7) is 4.70. The highest BCUT2D eigenvalue weighted by atomic mass is 79.9. The first-order valence-electron chi connectivity index (χ1n) is 5.52. The number of ether oxygens (including phenoxy) is 1. The van der Waals surface area contributed by atoms with E-state index in [9.17, 15) is 4.39 Å². The second kappa shape index (κ2) is 7.63. The van der Waals surface area contributed by atoms with E-state index in [1.165, 1.54) is 12.1 Å². The van der Waals surface area contributed by atoms with Crippen molar-refractivity contribution < 1.29 is 9.13 Å². The lowest BCUT2D eigenvalue weighted by atomic mass is 10.3. The first kappa shape index (κ1) is 13.5. The lowest BCUT2D eigenvalue weighted by molar-refractivity contribution is 0.306. The molecule has 0 atom stereocenters. The average molecular weight is 290 g/mol. The van der Waals surface area contributed by atoms with Crippen molar-refractivity contribution in [1.29, 1.82) is 0 Å². The summed E-state index contributed by atoms with van der Waals surface area (Å²) in [5.41, 5.74) is 0. The lowest BCUT2D eigenvalue weighted by Crippen LogP contribution is -2.18. The summed E-state index contributed by atoms with van der Waals surface area (Å²) in [7, 11) is 0. The molecular formula is C12H17BrFNO. The molecule has 4 heteroatoms. The topological polar surface area (TPSA) is 21.3 Å². The van der Waals surface area contributed by atoms with Crippen molar-refractivity contribution in [2.45, 2.75) is 19.8 Å². The first-order valence-corrected chi connectivity index (χ1v) is 6.31. The van der Waals surface area contributed by atoms with Gasteiger partial charge in [-0.05, 0) is 38.1 Å². The van der Waals surface area contributed by atoms with Gasteiger partial charge in [0, 0.05) is 10.5 Å². The molecule has 2 nitrogen and oxygen atoms in total. The van der Waals surface area contributed by atoms with Gasteiger partial charge in [0.1, 0.15) is 11.6 Å². The van der Waals surface area contributed by atoms with Gasteiger partial charge in [0.05, 0.1) is 6.61 Å². The van der Waals surface area contributed by atoms with Crippen molar-refractivity contribution in [2.24, 2.45) is 0 Å². The molecule has 1 N–H and O–H groups in total. The average Bonchev–Trinajstić information content (AvgIpc) is 2.22. The molecule has 0 heterocycles. The number of benzene rings is 1. The fraction of sp³-hybridized carbons (Fsp3) is 0.500. The van der Waals surface area contributed by atoms with Gasteiger partial charge < -0.3 is 10.1 Å². The Bertz CT molecular complexity index is 300. The maximum Gasteiger partial charge on any atom is 0.128 e. The summed E-state index contributed by atoms with van der Waals surface area (Å²) in [4.78, 5) is 0. The summed E-state index contributed by atoms with van der Waals surface area (Å²) in [5.74, 6) is 0.288. The Balaban J connectivity index is 2.21. The minimum Gasteiger partial charge on any atom is -0.493 e. The van der Waals surface area contributed by atoms with Gasteiger partial charge >= 0.3 is 0 Å². The van der Waals surface area contributed by atoms with Gasteiger partial charge in [0.2, 0.25) is 0 Å². The molecule has 0 radical (unpaired) electrons. The SMILES string of the molecule is CCCNCCCOc1cc(F)cc(Br)c1. The predicted octanol–water partition coefficient (Wildman–Crippen LogP) is 3.36. The van der Waals surface area contributed by atoms with Crippen LogP contribution in [0.1, 0.15) is 19.8 Å². The number of halogens is 2. The molecule has 1 aromatic rings. The zero-order valence-electron chi connectivity index (χ0n) is 9.43. The van der Waals surface area contributed by atoms with Crippen LogP contribution in [0.25, 0.3) is 0 Å². The van der Waals surface area contributed by atoms with Gasteiger partial charge in [-0.15, -0.1) is 0 Å².